The number of halogens is 1. The molecule has 1 aromatic carbocycles. The van der Waals surface area contributed by atoms with Gasteiger partial charge in [0, 0.05) is 11.8 Å². The standard InChI is InChI=1S/C15H12BrNO4/c1-20-15(19)10-3-2-4-11(9-10)17-14(18)8-6-12-5-7-13(16)21-12/h2-9H,1H3,(H,17,18)/b8-6+. The van der Waals surface area contributed by atoms with E-state index in [1.165, 1.54) is 13.2 Å². The lowest BCUT2D eigenvalue weighted by molar-refractivity contribution is -0.111. The van der Waals surface area contributed by atoms with Gasteiger partial charge in [0.15, 0.2) is 4.67 Å². The molecule has 0 fully saturated rings. The normalized spacial score (nSPS) is 10.6. The lowest BCUT2D eigenvalue weighted by Crippen LogP contribution is -2.09. The topological polar surface area (TPSA) is 68.5 Å². The van der Waals surface area contributed by atoms with Crippen molar-refractivity contribution in [2.24, 2.45) is 0 Å². The van der Waals surface area contributed by atoms with Gasteiger partial charge in [-0.2, -0.15) is 0 Å². The summed E-state index contributed by atoms with van der Waals surface area (Å²) in [5, 5.41) is 2.65. The Morgan fingerprint density at radius 1 is 1.29 bits per heavy atom. The fraction of sp³-hybridized carbons (Fsp3) is 0.0667. The molecule has 21 heavy (non-hydrogen) atoms. The molecule has 0 bridgehead atoms. The van der Waals surface area contributed by atoms with Crippen molar-refractivity contribution in [2.45, 2.75) is 0 Å². The number of anilines is 1. The second kappa shape index (κ2) is 6.90. The van der Waals surface area contributed by atoms with Gasteiger partial charge in [-0.3, -0.25) is 4.79 Å². The van der Waals surface area contributed by atoms with E-state index in [9.17, 15) is 9.59 Å². The molecule has 0 atom stereocenters. The minimum Gasteiger partial charge on any atom is -0.465 e. The molecular formula is C15H12BrNO4. The number of ether oxygens (including phenoxy) is 1. The monoisotopic (exact) mass is 349 g/mol. The average molecular weight is 350 g/mol. The van der Waals surface area contributed by atoms with Crippen LogP contribution in [-0.2, 0) is 9.53 Å². The summed E-state index contributed by atoms with van der Waals surface area (Å²) in [4.78, 5) is 23.2. The minimum atomic E-state index is -0.456. The number of hydrogen-bond donors (Lipinski definition) is 1. The predicted molar refractivity (Wildman–Crippen MR) is 81.9 cm³/mol. The van der Waals surface area contributed by atoms with Crippen LogP contribution in [0.2, 0.25) is 0 Å². The number of furan rings is 1. The van der Waals surface area contributed by atoms with Gasteiger partial charge in [0.2, 0.25) is 5.91 Å². The molecule has 0 unspecified atom stereocenters. The van der Waals surface area contributed by atoms with Gasteiger partial charge in [-0.05, 0) is 52.3 Å². The van der Waals surface area contributed by atoms with Gasteiger partial charge in [-0.15, -0.1) is 0 Å². The maximum atomic E-state index is 11.8. The number of rotatable bonds is 4. The van der Waals surface area contributed by atoms with E-state index in [0.29, 0.717) is 21.7 Å². The first-order valence-corrected chi connectivity index (χ1v) is 6.80. The van der Waals surface area contributed by atoms with E-state index in [1.807, 2.05) is 0 Å². The SMILES string of the molecule is COC(=O)c1cccc(NC(=O)/C=C/c2ccc(Br)o2)c1. The maximum Gasteiger partial charge on any atom is 0.337 e. The maximum absolute atomic E-state index is 11.8. The zero-order valence-electron chi connectivity index (χ0n) is 11.1. The van der Waals surface area contributed by atoms with Crippen LogP contribution < -0.4 is 5.32 Å². The Kier molecular flexibility index (Phi) is 4.94. The van der Waals surface area contributed by atoms with Crippen molar-refractivity contribution < 1.29 is 18.7 Å². The number of carbonyl (C=O) groups is 2. The van der Waals surface area contributed by atoms with E-state index in [1.54, 1.807) is 42.5 Å². The van der Waals surface area contributed by atoms with Crippen molar-refractivity contribution in [2.75, 3.05) is 12.4 Å². The van der Waals surface area contributed by atoms with Crippen molar-refractivity contribution in [3.05, 3.63) is 58.5 Å². The summed E-state index contributed by atoms with van der Waals surface area (Å²) in [7, 11) is 1.30. The van der Waals surface area contributed by atoms with Crippen LogP contribution in [0.3, 0.4) is 0 Å². The number of esters is 1. The molecule has 2 aromatic rings. The highest BCUT2D eigenvalue weighted by molar-refractivity contribution is 9.10. The van der Waals surface area contributed by atoms with Crippen LogP contribution in [0.5, 0.6) is 0 Å². The smallest absolute Gasteiger partial charge is 0.337 e. The number of methoxy groups -OCH3 is 1. The highest BCUT2D eigenvalue weighted by Crippen LogP contribution is 2.15. The lowest BCUT2D eigenvalue weighted by atomic mass is 10.2. The highest BCUT2D eigenvalue weighted by atomic mass is 79.9. The Morgan fingerprint density at radius 2 is 2.10 bits per heavy atom. The molecule has 108 valence electrons. The summed E-state index contributed by atoms with van der Waals surface area (Å²) in [6.45, 7) is 0. The lowest BCUT2D eigenvalue weighted by Gasteiger charge is -2.04. The first-order chi connectivity index (χ1) is 10.1. The molecule has 0 aliphatic rings. The van der Waals surface area contributed by atoms with Crippen molar-refractivity contribution in [1.82, 2.24) is 0 Å². The molecule has 1 N–H and O–H groups in total. The molecule has 1 amide bonds. The summed E-state index contributed by atoms with van der Waals surface area (Å²) >= 11 is 3.18. The van der Waals surface area contributed by atoms with E-state index < -0.39 is 5.97 Å². The van der Waals surface area contributed by atoms with Crippen molar-refractivity contribution in [1.29, 1.82) is 0 Å². The molecule has 0 radical (unpaired) electrons. The van der Waals surface area contributed by atoms with Crippen LogP contribution in [-0.4, -0.2) is 19.0 Å². The number of amides is 1. The van der Waals surface area contributed by atoms with E-state index in [4.69, 9.17) is 4.42 Å². The fourth-order valence-electron chi connectivity index (χ4n) is 1.60. The van der Waals surface area contributed by atoms with Crippen molar-refractivity contribution >= 4 is 39.6 Å². The molecular weight excluding hydrogens is 338 g/mol. The molecule has 0 saturated carbocycles. The van der Waals surface area contributed by atoms with Gasteiger partial charge in [-0.25, -0.2) is 4.79 Å². The van der Waals surface area contributed by atoms with Crippen molar-refractivity contribution in [3.63, 3.8) is 0 Å². The average Bonchev–Trinajstić information content (AvgIpc) is 2.90. The quantitative estimate of drug-likeness (QED) is 0.677. The molecule has 0 saturated heterocycles. The minimum absolute atomic E-state index is 0.329. The van der Waals surface area contributed by atoms with Crippen LogP contribution >= 0.6 is 15.9 Å². The Balaban J connectivity index is 2.02. The third kappa shape index (κ3) is 4.32. The summed E-state index contributed by atoms with van der Waals surface area (Å²) in [5.41, 5.74) is 0.877. The van der Waals surface area contributed by atoms with Gasteiger partial charge >= 0.3 is 5.97 Å². The number of nitrogens with one attached hydrogen (secondary N) is 1. The second-order valence-electron chi connectivity index (χ2n) is 4.04. The van der Waals surface area contributed by atoms with Crippen LogP contribution in [0.1, 0.15) is 16.1 Å². The largest absolute Gasteiger partial charge is 0.465 e. The molecule has 5 nitrogen and oxygen atoms in total. The molecule has 1 heterocycles. The molecule has 1 aromatic heterocycles. The van der Waals surface area contributed by atoms with E-state index in [0.717, 1.165) is 0 Å². The molecule has 0 aliphatic heterocycles. The van der Waals surface area contributed by atoms with E-state index in [-0.39, 0.29) is 5.91 Å². The fourth-order valence-corrected chi connectivity index (χ4v) is 1.92. The molecule has 2 rings (SSSR count). The Bertz CT molecular complexity index is 690. The first kappa shape index (κ1) is 15.1. The zero-order valence-corrected chi connectivity index (χ0v) is 12.7. The predicted octanol–water partition coefficient (Wildman–Crippen LogP) is 3.48. The van der Waals surface area contributed by atoms with Crippen LogP contribution in [0.4, 0.5) is 5.69 Å². The van der Waals surface area contributed by atoms with Gasteiger partial charge in [0.1, 0.15) is 5.76 Å². The second-order valence-corrected chi connectivity index (χ2v) is 4.82. The Labute approximate surface area is 129 Å². The Morgan fingerprint density at radius 3 is 2.76 bits per heavy atom. The van der Waals surface area contributed by atoms with Crippen LogP contribution in [0.15, 0.2) is 51.6 Å². The highest BCUT2D eigenvalue weighted by Gasteiger charge is 2.06. The molecule has 0 spiro atoms. The summed E-state index contributed by atoms with van der Waals surface area (Å²) in [5.74, 6) is -0.230. The van der Waals surface area contributed by atoms with Gasteiger partial charge in [-0.1, -0.05) is 6.07 Å². The number of carbonyl (C=O) groups excluding carboxylic acids is 2. The molecule has 0 aliphatic carbocycles. The number of benzene rings is 1. The molecule has 6 heteroatoms. The van der Waals surface area contributed by atoms with E-state index in [2.05, 4.69) is 26.0 Å². The zero-order chi connectivity index (χ0) is 15.2. The van der Waals surface area contributed by atoms with Crippen LogP contribution in [0.25, 0.3) is 6.08 Å². The summed E-state index contributed by atoms with van der Waals surface area (Å²) in [6, 6.07) is 9.96. The van der Waals surface area contributed by atoms with Gasteiger partial charge < -0.3 is 14.5 Å². The summed E-state index contributed by atoms with van der Waals surface area (Å²) < 4.78 is 10.5. The summed E-state index contributed by atoms with van der Waals surface area (Å²) in [6.07, 6.45) is 2.89. The van der Waals surface area contributed by atoms with Gasteiger partial charge in [0.25, 0.3) is 0 Å². The Hall–Kier alpha value is -2.34. The first-order valence-electron chi connectivity index (χ1n) is 6.01. The van der Waals surface area contributed by atoms with E-state index >= 15 is 0 Å². The van der Waals surface area contributed by atoms with Gasteiger partial charge in [0.05, 0.1) is 12.7 Å². The third-order valence-electron chi connectivity index (χ3n) is 2.54. The number of hydrogen-bond acceptors (Lipinski definition) is 4. The van der Waals surface area contributed by atoms with Crippen LogP contribution in [0, 0.1) is 0 Å². The third-order valence-corrected chi connectivity index (χ3v) is 2.97. The van der Waals surface area contributed by atoms with Crippen molar-refractivity contribution in [3.8, 4) is 0 Å².